The van der Waals surface area contributed by atoms with Gasteiger partial charge in [-0.25, -0.2) is 17.6 Å². The van der Waals surface area contributed by atoms with E-state index in [0.717, 1.165) is 12.2 Å². The second-order valence-electron chi connectivity index (χ2n) is 8.63. The monoisotopic (exact) mass is 570 g/mol. The van der Waals surface area contributed by atoms with Crippen LogP contribution in [-0.4, -0.2) is 61.1 Å². The van der Waals surface area contributed by atoms with Crippen molar-refractivity contribution in [1.82, 2.24) is 0 Å². The first-order valence-corrected chi connectivity index (χ1v) is 12.7. The summed E-state index contributed by atoms with van der Waals surface area (Å²) in [6, 6.07) is 0. The Labute approximate surface area is 212 Å². The Balaban J connectivity index is 1.94. The van der Waals surface area contributed by atoms with Gasteiger partial charge >= 0.3 is 12.4 Å². The molecule has 2 aliphatic rings. The first-order chi connectivity index (χ1) is 17.2. The van der Waals surface area contributed by atoms with Crippen LogP contribution in [-0.2, 0) is 9.47 Å². The lowest BCUT2D eigenvalue weighted by Crippen LogP contribution is -2.43. The average Bonchev–Trinajstić information content (AvgIpc) is 2.80. The Morgan fingerprint density at radius 2 is 1.08 bits per heavy atom. The van der Waals surface area contributed by atoms with Crippen LogP contribution in [0, 0.1) is 0 Å². The van der Waals surface area contributed by atoms with Crippen molar-refractivity contribution in [3.8, 4) is 0 Å². The normalized spacial score (nSPS) is 24.6. The zero-order chi connectivity index (χ0) is 27.7. The molecule has 0 heterocycles. The second kappa shape index (κ2) is 13.5. The summed E-state index contributed by atoms with van der Waals surface area (Å²) < 4.78 is 142. The van der Waals surface area contributed by atoms with Gasteiger partial charge in [0.2, 0.25) is 0 Å². The Hall–Kier alpha value is -1.47. The number of halogens is 10. The summed E-state index contributed by atoms with van der Waals surface area (Å²) in [5.41, 5.74) is -5.97. The molecular formula is C24H28F10O2S. The fourth-order valence-corrected chi connectivity index (χ4v) is 5.33. The number of allylic oxidation sites excluding steroid dienone is 4. The molecule has 0 N–H and O–H groups in total. The molecule has 0 aromatic rings. The van der Waals surface area contributed by atoms with E-state index in [9.17, 15) is 43.9 Å². The van der Waals surface area contributed by atoms with Crippen LogP contribution >= 0.6 is 11.8 Å². The predicted molar refractivity (Wildman–Crippen MR) is 121 cm³/mol. The molecule has 2 aliphatic carbocycles. The largest absolute Gasteiger partial charge is 0.415 e. The molecule has 212 valence electrons. The van der Waals surface area contributed by atoms with E-state index in [1.54, 1.807) is 0 Å². The lowest BCUT2D eigenvalue weighted by atomic mass is 9.82. The molecule has 0 saturated carbocycles. The minimum absolute atomic E-state index is 0.165. The smallest absolute Gasteiger partial charge is 0.364 e. The third-order valence-corrected chi connectivity index (χ3v) is 7.15. The molecule has 0 aliphatic heterocycles. The molecular weight excluding hydrogens is 542 g/mol. The minimum atomic E-state index is -4.77. The van der Waals surface area contributed by atoms with Gasteiger partial charge in [-0.05, 0) is 50.0 Å². The van der Waals surface area contributed by atoms with Crippen LogP contribution in [0.25, 0.3) is 0 Å². The quantitative estimate of drug-likeness (QED) is 0.155. The first-order valence-electron chi connectivity index (χ1n) is 11.5. The van der Waals surface area contributed by atoms with E-state index >= 15 is 0 Å². The van der Waals surface area contributed by atoms with Gasteiger partial charge in [0.25, 0.3) is 12.9 Å². The highest BCUT2D eigenvalue weighted by Crippen LogP contribution is 2.45. The van der Waals surface area contributed by atoms with Crippen LogP contribution in [0.3, 0.4) is 0 Å². The summed E-state index contributed by atoms with van der Waals surface area (Å²) in [5, 5.41) is 0. The minimum Gasteiger partial charge on any atom is -0.364 e. The average molecular weight is 571 g/mol. The van der Waals surface area contributed by atoms with Gasteiger partial charge in [0.1, 0.15) is 24.4 Å². The van der Waals surface area contributed by atoms with Gasteiger partial charge in [-0.1, -0.05) is 36.5 Å². The summed E-state index contributed by atoms with van der Waals surface area (Å²) in [6.45, 7) is -2.31. The van der Waals surface area contributed by atoms with Crippen molar-refractivity contribution < 1.29 is 53.4 Å². The Bertz CT molecular complexity index is 779. The molecule has 0 saturated heterocycles. The molecule has 0 fully saturated rings. The molecule has 2 nitrogen and oxygen atoms in total. The maximum atomic E-state index is 13.6. The highest BCUT2D eigenvalue weighted by atomic mass is 32.2. The molecule has 37 heavy (non-hydrogen) atoms. The molecule has 2 rings (SSSR count). The lowest BCUT2D eigenvalue weighted by molar-refractivity contribution is -0.146. The summed E-state index contributed by atoms with van der Waals surface area (Å²) in [4.78, 5) is 0. The highest BCUT2D eigenvalue weighted by molar-refractivity contribution is 7.99. The molecule has 0 aromatic heterocycles. The van der Waals surface area contributed by atoms with E-state index in [2.05, 4.69) is 0 Å². The predicted octanol–water partition coefficient (Wildman–Crippen LogP) is 8.22. The van der Waals surface area contributed by atoms with Crippen LogP contribution < -0.4 is 0 Å². The van der Waals surface area contributed by atoms with Gasteiger partial charge < -0.3 is 9.47 Å². The molecule has 2 atom stereocenters. The van der Waals surface area contributed by atoms with Crippen molar-refractivity contribution in [3.63, 3.8) is 0 Å². The molecule has 0 aromatic carbocycles. The van der Waals surface area contributed by atoms with Crippen molar-refractivity contribution in [3.05, 3.63) is 47.6 Å². The van der Waals surface area contributed by atoms with Gasteiger partial charge in [-0.2, -0.15) is 38.1 Å². The topological polar surface area (TPSA) is 18.5 Å². The van der Waals surface area contributed by atoms with Gasteiger partial charge in [0, 0.05) is 0 Å². The number of hydrogen-bond acceptors (Lipinski definition) is 3. The number of rotatable bonds is 14. The summed E-state index contributed by atoms with van der Waals surface area (Å²) in [5.74, 6) is 0.586. The summed E-state index contributed by atoms with van der Waals surface area (Å²) in [7, 11) is 0. The van der Waals surface area contributed by atoms with E-state index in [0.29, 0.717) is 11.5 Å². The Morgan fingerprint density at radius 1 is 0.703 bits per heavy atom. The van der Waals surface area contributed by atoms with Crippen LogP contribution in [0.15, 0.2) is 47.6 Å². The maximum Gasteiger partial charge on any atom is 0.415 e. The van der Waals surface area contributed by atoms with E-state index in [4.69, 9.17) is 9.47 Å². The third kappa shape index (κ3) is 9.35. The fourth-order valence-electron chi connectivity index (χ4n) is 4.43. The summed E-state index contributed by atoms with van der Waals surface area (Å²) >= 11 is 1.25. The van der Waals surface area contributed by atoms with Crippen molar-refractivity contribution in [1.29, 1.82) is 0 Å². The maximum absolute atomic E-state index is 13.6. The highest BCUT2D eigenvalue weighted by Gasteiger charge is 2.50. The number of alkyl halides is 10. The van der Waals surface area contributed by atoms with Crippen LogP contribution in [0.1, 0.15) is 38.5 Å². The number of ether oxygens (including phenoxy) is 2. The molecule has 0 amide bonds. The van der Waals surface area contributed by atoms with E-state index in [-0.39, 0.29) is 38.5 Å². The standard InChI is InChI=1S/C24H28F10O2S/c25-19(26)15-35-21(9-3-1-7-17(21)23(29,30)31)11-5-13-37-14-6-12-22(36-16-20(27)28)10-4-2-8-18(22)24(32,33)34/h1-4,7-8,19-20H,5-6,9-16H2. The van der Waals surface area contributed by atoms with Crippen molar-refractivity contribution >= 4 is 11.8 Å². The number of hydrogen-bond donors (Lipinski definition) is 0. The Morgan fingerprint density at radius 3 is 1.41 bits per heavy atom. The molecule has 2 unspecified atom stereocenters. The first kappa shape index (κ1) is 31.7. The van der Waals surface area contributed by atoms with Gasteiger partial charge in [0.15, 0.2) is 0 Å². The van der Waals surface area contributed by atoms with Gasteiger partial charge in [-0.3, -0.25) is 0 Å². The van der Waals surface area contributed by atoms with E-state index in [1.807, 2.05) is 0 Å². The molecule has 0 radical (unpaired) electrons. The van der Waals surface area contributed by atoms with Crippen molar-refractivity contribution in [2.75, 3.05) is 24.7 Å². The zero-order valence-electron chi connectivity index (χ0n) is 19.7. The molecule has 13 heteroatoms. The van der Waals surface area contributed by atoms with Crippen LogP contribution in [0.4, 0.5) is 43.9 Å². The van der Waals surface area contributed by atoms with Crippen molar-refractivity contribution in [2.45, 2.75) is 74.9 Å². The van der Waals surface area contributed by atoms with Crippen LogP contribution in [0.5, 0.6) is 0 Å². The SMILES string of the molecule is FC(F)COC1(CCCSCCCC2(OCC(F)F)CC=CC=C2C(F)(F)F)CC=CC=C1C(F)(F)F. The number of thioether (sulfide) groups is 1. The van der Waals surface area contributed by atoms with Crippen molar-refractivity contribution in [2.24, 2.45) is 0 Å². The fraction of sp³-hybridized carbons (Fsp3) is 0.667. The van der Waals surface area contributed by atoms with E-state index < -0.39 is 60.8 Å². The van der Waals surface area contributed by atoms with Gasteiger partial charge in [-0.15, -0.1) is 0 Å². The molecule has 0 spiro atoms. The second-order valence-corrected chi connectivity index (χ2v) is 9.86. The third-order valence-electron chi connectivity index (χ3n) is 6.00. The Kier molecular flexibility index (Phi) is 11.6. The summed E-state index contributed by atoms with van der Waals surface area (Å²) in [6.07, 6.45) is -9.09. The lowest BCUT2D eigenvalue weighted by Gasteiger charge is -2.38. The van der Waals surface area contributed by atoms with Crippen LogP contribution in [0.2, 0.25) is 0 Å². The van der Waals surface area contributed by atoms with Gasteiger partial charge in [0.05, 0.1) is 11.1 Å². The zero-order valence-corrected chi connectivity index (χ0v) is 20.5. The van der Waals surface area contributed by atoms with E-state index in [1.165, 1.54) is 36.1 Å². The molecule has 0 bridgehead atoms.